The van der Waals surface area contributed by atoms with Gasteiger partial charge >= 0.3 is 5.63 Å². The predicted octanol–water partition coefficient (Wildman–Crippen LogP) is 1.34. The van der Waals surface area contributed by atoms with Gasteiger partial charge in [-0.05, 0) is 31.5 Å². The van der Waals surface area contributed by atoms with Gasteiger partial charge in [0.25, 0.3) is 5.75 Å². The number of hydrogen-bond acceptors (Lipinski definition) is 10. The average Bonchev–Trinajstić information content (AvgIpc) is 2.84. The summed E-state index contributed by atoms with van der Waals surface area (Å²) in [6, 6.07) is 14.1. The molecule has 0 spiro atoms. The van der Waals surface area contributed by atoms with Gasteiger partial charge in [-0.2, -0.15) is 0 Å². The monoisotopic (exact) mass is 488 g/mol. The van der Waals surface area contributed by atoms with Gasteiger partial charge in [-0.15, -0.1) is 0 Å². The summed E-state index contributed by atoms with van der Waals surface area (Å²) in [7, 11) is 0. The van der Waals surface area contributed by atoms with Crippen molar-refractivity contribution in [1.29, 1.82) is 0 Å². The summed E-state index contributed by atoms with van der Waals surface area (Å²) in [5.74, 6) is 0.135. The molecule has 0 amide bonds. The Hall–Kier alpha value is -3.15. The minimum atomic E-state index is -1.72. The van der Waals surface area contributed by atoms with Crippen molar-refractivity contribution in [2.45, 2.75) is 57.3 Å². The van der Waals surface area contributed by atoms with Crippen molar-refractivity contribution in [3.05, 3.63) is 64.5 Å². The lowest BCUT2D eigenvalue weighted by atomic mass is 9.99. The third kappa shape index (κ3) is 5.42. The zero-order chi connectivity index (χ0) is 25.1. The SMILES string of the molecule is CC(C)Oc1ccc2c(OCc3ccccc3)c(O[C@H]3O[C@H](CO)[C@@H](O)[C@H](O)[C@@H]3O)c(=O)oc2c1. The van der Waals surface area contributed by atoms with E-state index in [1.807, 2.05) is 44.2 Å². The Labute approximate surface area is 200 Å². The summed E-state index contributed by atoms with van der Waals surface area (Å²) < 4.78 is 28.2. The van der Waals surface area contributed by atoms with Crippen LogP contribution in [0.15, 0.2) is 57.7 Å². The predicted molar refractivity (Wildman–Crippen MR) is 123 cm³/mol. The highest BCUT2D eigenvalue weighted by molar-refractivity contribution is 5.86. The maximum Gasteiger partial charge on any atom is 0.383 e. The molecule has 5 atom stereocenters. The van der Waals surface area contributed by atoms with E-state index in [2.05, 4.69) is 0 Å². The van der Waals surface area contributed by atoms with Crippen LogP contribution in [0.1, 0.15) is 19.4 Å². The second kappa shape index (κ2) is 10.6. The number of aliphatic hydroxyl groups excluding tert-OH is 4. The first-order chi connectivity index (χ1) is 16.8. The van der Waals surface area contributed by atoms with Gasteiger partial charge in [0.1, 0.15) is 42.4 Å². The van der Waals surface area contributed by atoms with Gasteiger partial charge in [0.15, 0.2) is 5.75 Å². The number of aliphatic hydroxyl groups is 4. The normalized spacial score (nSPS) is 24.5. The summed E-state index contributed by atoms with van der Waals surface area (Å²) in [6.07, 6.45) is -7.86. The molecule has 1 fully saturated rings. The molecule has 4 rings (SSSR count). The highest BCUT2D eigenvalue weighted by Crippen LogP contribution is 2.37. The van der Waals surface area contributed by atoms with Crippen LogP contribution in [0.3, 0.4) is 0 Å². The van der Waals surface area contributed by atoms with Crippen molar-refractivity contribution >= 4 is 11.0 Å². The molecule has 2 heterocycles. The van der Waals surface area contributed by atoms with E-state index in [-0.39, 0.29) is 24.0 Å². The summed E-state index contributed by atoms with van der Waals surface area (Å²) in [5, 5.41) is 40.3. The first-order valence-electron chi connectivity index (χ1n) is 11.2. The quantitative estimate of drug-likeness (QED) is 0.342. The summed E-state index contributed by atoms with van der Waals surface area (Å²) in [4.78, 5) is 13.0. The number of ether oxygens (including phenoxy) is 4. The van der Waals surface area contributed by atoms with Crippen molar-refractivity contribution in [1.82, 2.24) is 0 Å². The molecular weight excluding hydrogens is 460 g/mol. The Balaban J connectivity index is 1.74. The van der Waals surface area contributed by atoms with Crippen LogP contribution in [0.2, 0.25) is 0 Å². The third-order valence-electron chi connectivity index (χ3n) is 5.47. The van der Waals surface area contributed by atoms with Crippen molar-refractivity contribution in [2.75, 3.05) is 6.61 Å². The molecule has 3 aromatic rings. The van der Waals surface area contributed by atoms with Crippen molar-refractivity contribution < 1.29 is 43.8 Å². The van der Waals surface area contributed by atoms with Gasteiger partial charge in [0, 0.05) is 6.07 Å². The molecule has 0 saturated carbocycles. The van der Waals surface area contributed by atoms with Crippen molar-refractivity contribution in [2.24, 2.45) is 0 Å². The number of fused-ring (bicyclic) bond motifs is 1. The Morgan fingerprint density at radius 2 is 1.71 bits per heavy atom. The lowest BCUT2D eigenvalue weighted by molar-refractivity contribution is -0.278. The molecule has 4 N–H and O–H groups in total. The molecule has 10 nitrogen and oxygen atoms in total. The largest absolute Gasteiger partial charge is 0.491 e. The van der Waals surface area contributed by atoms with Crippen LogP contribution in [0, 0.1) is 0 Å². The van der Waals surface area contributed by atoms with E-state index < -0.39 is 48.7 Å². The summed E-state index contributed by atoms with van der Waals surface area (Å²) in [5.41, 5.74) is 0.101. The Kier molecular flexibility index (Phi) is 7.58. The van der Waals surface area contributed by atoms with E-state index in [1.165, 1.54) is 0 Å². The minimum Gasteiger partial charge on any atom is -0.491 e. The molecule has 0 bridgehead atoms. The van der Waals surface area contributed by atoms with Crippen LogP contribution in [-0.4, -0.2) is 63.8 Å². The molecule has 1 aliphatic heterocycles. The van der Waals surface area contributed by atoms with E-state index in [4.69, 9.17) is 23.4 Å². The van der Waals surface area contributed by atoms with Gasteiger partial charge in [0.05, 0.1) is 18.1 Å². The zero-order valence-corrected chi connectivity index (χ0v) is 19.2. The fourth-order valence-electron chi connectivity index (χ4n) is 3.74. The molecule has 10 heteroatoms. The van der Waals surface area contributed by atoms with Gasteiger partial charge in [-0.25, -0.2) is 4.79 Å². The van der Waals surface area contributed by atoms with Crippen LogP contribution >= 0.6 is 0 Å². The van der Waals surface area contributed by atoms with Crippen molar-refractivity contribution in [3.8, 4) is 17.2 Å². The molecule has 2 aromatic carbocycles. The maximum atomic E-state index is 13.0. The van der Waals surface area contributed by atoms with E-state index in [0.717, 1.165) is 5.56 Å². The lowest BCUT2D eigenvalue weighted by Gasteiger charge is -2.39. The molecule has 1 aromatic heterocycles. The molecule has 0 aliphatic carbocycles. The molecular formula is C25H28O10. The molecule has 0 radical (unpaired) electrons. The minimum absolute atomic E-state index is 0.0353. The summed E-state index contributed by atoms with van der Waals surface area (Å²) >= 11 is 0. The number of hydrogen-bond donors (Lipinski definition) is 4. The lowest BCUT2D eigenvalue weighted by Crippen LogP contribution is -2.60. The van der Waals surface area contributed by atoms with Crippen LogP contribution in [0.5, 0.6) is 17.2 Å². The van der Waals surface area contributed by atoms with Gasteiger partial charge in [-0.3, -0.25) is 0 Å². The van der Waals surface area contributed by atoms with Crippen LogP contribution in [0.25, 0.3) is 11.0 Å². The summed E-state index contributed by atoms with van der Waals surface area (Å²) in [6.45, 7) is 3.18. The van der Waals surface area contributed by atoms with Crippen LogP contribution < -0.4 is 19.8 Å². The van der Waals surface area contributed by atoms with Gasteiger partial charge < -0.3 is 43.8 Å². The van der Waals surface area contributed by atoms with E-state index in [0.29, 0.717) is 11.1 Å². The van der Waals surface area contributed by atoms with E-state index in [1.54, 1.807) is 18.2 Å². The third-order valence-corrected chi connectivity index (χ3v) is 5.47. The van der Waals surface area contributed by atoms with Crippen LogP contribution in [0.4, 0.5) is 0 Å². The van der Waals surface area contributed by atoms with Crippen LogP contribution in [-0.2, 0) is 11.3 Å². The van der Waals surface area contributed by atoms with E-state index in [9.17, 15) is 25.2 Å². The molecule has 35 heavy (non-hydrogen) atoms. The first kappa shape index (κ1) is 25.0. The average molecular weight is 488 g/mol. The zero-order valence-electron chi connectivity index (χ0n) is 19.2. The second-order valence-electron chi connectivity index (χ2n) is 8.46. The van der Waals surface area contributed by atoms with E-state index >= 15 is 0 Å². The topological polar surface area (TPSA) is 148 Å². The second-order valence-corrected chi connectivity index (χ2v) is 8.46. The first-order valence-corrected chi connectivity index (χ1v) is 11.2. The Morgan fingerprint density at radius 3 is 2.40 bits per heavy atom. The highest BCUT2D eigenvalue weighted by Gasteiger charge is 2.45. The van der Waals surface area contributed by atoms with Crippen molar-refractivity contribution in [3.63, 3.8) is 0 Å². The Morgan fingerprint density at radius 1 is 0.971 bits per heavy atom. The molecule has 1 saturated heterocycles. The van der Waals surface area contributed by atoms with Gasteiger partial charge in [0.2, 0.25) is 6.29 Å². The highest BCUT2D eigenvalue weighted by atomic mass is 16.7. The Bertz CT molecular complexity index is 1190. The molecule has 0 unspecified atom stereocenters. The fraction of sp³-hybridized carbons (Fsp3) is 0.400. The maximum absolute atomic E-state index is 13.0. The number of rotatable bonds is 8. The molecule has 188 valence electrons. The van der Waals surface area contributed by atoms with Gasteiger partial charge in [-0.1, -0.05) is 30.3 Å². The molecule has 1 aliphatic rings. The smallest absolute Gasteiger partial charge is 0.383 e. The standard InChI is InChI=1S/C25H28O10/c1-13(2)32-15-8-9-16-17(10-15)33-24(30)23(22(16)31-12-14-6-4-3-5-7-14)35-25-21(29)20(28)19(27)18(11-26)34-25/h3-10,13,18-21,25-29H,11-12H2,1-2H3/t18-,19-,20+,21+,25-/m1/s1. The fourth-order valence-corrected chi connectivity index (χ4v) is 3.74. The number of benzene rings is 2.